The van der Waals surface area contributed by atoms with Gasteiger partial charge in [-0.2, -0.15) is 0 Å². The smallest absolute Gasteiger partial charge is 0.150 e. The molecule has 0 amide bonds. The number of nitrogen functional groups attached to an aromatic ring is 1. The third-order valence-electron chi connectivity index (χ3n) is 1.77. The Balaban J connectivity index is 2.87. The fourth-order valence-electron chi connectivity index (χ4n) is 1.19. The van der Waals surface area contributed by atoms with E-state index in [2.05, 4.69) is 15.4 Å². The molecule has 0 fully saturated rings. The highest BCUT2D eigenvalue weighted by Gasteiger charge is 2.04. The maximum atomic E-state index is 5.89. The summed E-state index contributed by atoms with van der Waals surface area (Å²) < 4.78 is 0. The van der Waals surface area contributed by atoms with E-state index < -0.39 is 0 Å². The molecule has 2 heterocycles. The lowest BCUT2D eigenvalue weighted by atomic mass is 10.2. The summed E-state index contributed by atoms with van der Waals surface area (Å²) in [6.45, 7) is 0. The molecule has 0 unspecified atom stereocenters. The zero-order valence-corrected chi connectivity index (χ0v) is 7.42. The molecule has 2 aromatic rings. The van der Waals surface area contributed by atoms with Crippen LogP contribution in [0.2, 0.25) is 5.15 Å². The Morgan fingerprint density at radius 2 is 1.92 bits per heavy atom. The number of nitrogens with one attached hydrogen (secondary N) is 1. The standard InChI is InChI=1S/C8H7ClN4/c9-7-6-5(1-3-11-7)2-4-12-8(6)13-10/h1-4H,10H2,(H,12,13). The monoisotopic (exact) mass is 194 g/mol. The number of halogens is 1. The summed E-state index contributed by atoms with van der Waals surface area (Å²) in [6.07, 6.45) is 3.30. The lowest BCUT2D eigenvalue weighted by Gasteiger charge is -2.04. The number of hydrogen-bond acceptors (Lipinski definition) is 4. The number of anilines is 1. The van der Waals surface area contributed by atoms with Crippen molar-refractivity contribution in [3.05, 3.63) is 29.7 Å². The number of pyridine rings is 2. The van der Waals surface area contributed by atoms with Crippen LogP contribution in [-0.4, -0.2) is 9.97 Å². The molecular weight excluding hydrogens is 188 g/mol. The first-order valence-corrected chi connectivity index (χ1v) is 4.06. The van der Waals surface area contributed by atoms with Crippen LogP contribution in [0.5, 0.6) is 0 Å². The van der Waals surface area contributed by atoms with E-state index in [1.54, 1.807) is 12.4 Å². The van der Waals surface area contributed by atoms with E-state index >= 15 is 0 Å². The highest BCUT2D eigenvalue weighted by Crippen LogP contribution is 2.25. The summed E-state index contributed by atoms with van der Waals surface area (Å²) in [5.74, 6) is 5.82. The van der Waals surface area contributed by atoms with Gasteiger partial charge in [0.15, 0.2) is 5.82 Å². The van der Waals surface area contributed by atoms with Gasteiger partial charge in [0.2, 0.25) is 0 Å². The van der Waals surface area contributed by atoms with Crippen LogP contribution in [0.4, 0.5) is 5.82 Å². The van der Waals surface area contributed by atoms with Crippen molar-refractivity contribution in [2.75, 3.05) is 5.43 Å². The maximum Gasteiger partial charge on any atom is 0.150 e. The SMILES string of the molecule is NNc1nccc2ccnc(Cl)c12. The third-order valence-corrected chi connectivity index (χ3v) is 2.05. The van der Waals surface area contributed by atoms with Gasteiger partial charge in [-0.05, 0) is 17.5 Å². The third kappa shape index (κ3) is 1.30. The number of nitrogens with zero attached hydrogens (tertiary/aromatic N) is 2. The first kappa shape index (κ1) is 8.22. The molecule has 2 aromatic heterocycles. The molecule has 0 atom stereocenters. The molecule has 3 N–H and O–H groups in total. The normalized spacial score (nSPS) is 10.3. The molecule has 0 bridgehead atoms. The molecule has 5 heteroatoms. The van der Waals surface area contributed by atoms with Crippen LogP contribution in [0, 0.1) is 0 Å². The molecule has 13 heavy (non-hydrogen) atoms. The predicted molar refractivity (Wildman–Crippen MR) is 52.4 cm³/mol. The zero-order chi connectivity index (χ0) is 9.26. The summed E-state index contributed by atoms with van der Waals surface area (Å²) in [6, 6.07) is 3.70. The molecule has 4 nitrogen and oxygen atoms in total. The molecule has 66 valence electrons. The van der Waals surface area contributed by atoms with Crippen molar-refractivity contribution in [1.82, 2.24) is 9.97 Å². The van der Waals surface area contributed by atoms with Crippen molar-refractivity contribution < 1.29 is 0 Å². The summed E-state index contributed by atoms with van der Waals surface area (Å²) in [4.78, 5) is 7.97. The number of hydrazine groups is 1. The van der Waals surface area contributed by atoms with E-state index in [4.69, 9.17) is 17.4 Å². The van der Waals surface area contributed by atoms with Gasteiger partial charge in [-0.1, -0.05) is 11.6 Å². The van der Waals surface area contributed by atoms with Crippen LogP contribution in [0.3, 0.4) is 0 Å². The Labute approximate surface area is 79.7 Å². The molecule has 2 rings (SSSR count). The van der Waals surface area contributed by atoms with Gasteiger partial charge in [-0.15, -0.1) is 0 Å². The first-order valence-electron chi connectivity index (χ1n) is 3.69. The average Bonchev–Trinajstić information content (AvgIpc) is 2.17. The molecule has 0 aromatic carbocycles. The topological polar surface area (TPSA) is 63.8 Å². The van der Waals surface area contributed by atoms with Crippen LogP contribution in [0.1, 0.15) is 0 Å². The van der Waals surface area contributed by atoms with E-state index in [0.29, 0.717) is 11.0 Å². The molecule has 0 aliphatic carbocycles. The van der Waals surface area contributed by atoms with Crippen LogP contribution in [0.25, 0.3) is 10.8 Å². The molecular formula is C8H7ClN4. The van der Waals surface area contributed by atoms with Crippen LogP contribution in [0.15, 0.2) is 24.5 Å². The molecule has 0 radical (unpaired) electrons. The van der Waals surface area contributed by atoms with E-state index in [1.165, 1.54) is 0 Å². The van der Waals surface area contributed by atoms with E-state index in [1.807, 2.05) is 12.1 Å². The Morgan fingerprint density at radius 1 is 1.23 bits per heavy atom. The lowest BCUT2D eigenvalue weighted by Crippen LogP contribution is -2.08. The van der Waals surface area contributed by atoms with Crippen molar-refractivity contribution in [3.8, 4) is 0 Å². The number of aromatic nitrogens is 2. The van der Waals surface area contributed by atoms with Crippen LogP contribution >= 0.6 is 11.6 Å². The zero-order valence-electron chi connectivity index (χ0n) is 6.66. The number of hydrogen-bond donors (Lipinski definition) is 2. The van der Waals surface area contributed by atoms with Crippen LogP contribution in [-0.2, 0) is 0 Å². The van der Waals surface area contributed by atoms with Gasteiger partial charge in [0.05, 0.1) is 5.39 Å². The van der Waals surface area contributed by atoms with Crippen LogP contribution < -0.4 is 11.3 Å². The summed E-state index contributed by atoms with van der Waals surface area (Å²) >= 11 is 5.89. The fourth-order valence-corrected chi connectivity index (χ4v) is 1.44. The van der Waals surface area contributed by atoms with E-state index in [0.717, 1.165) is 10.8 Å². The summed E-state index contributed by atoms with van der Waals surface area (Å²) in [5, 5.41) is 2.11. The summed E-state index contributed by atoms with van der Waals surface area (Å²) in [5.41, 5.74) is 2.48. The Morgan fingerprint density at radius 3 is 2.62 bits per heavy atom. The van der Waals surface area contributed by atoms with E-state index in [9.17, 15) is 0 Å². The number of rotatable bonds is 1. The van der Waals surface area contributed by atoms with Crippen molar-refractivity contribution >= 4 is 28.2 Å². The molecule has 0 spiro atoms. The predicted octanol–water partition coefficient (Wildman–Crippen LogP) is 1.57. The van der Waals surface area contributed by atoms with Gasteiger partial charge in [0.25, 0.3) is 0 Å². The van der Waals surface area contributed by atoms with Gasteiger partial charge in [-0.25, -0.2) is 15.8 Å². The minimum atomic E-state index is 0.401. The summed E-state index contributed by atoms with van der Waals surface area (Å²) in [7, 11) is 0. The second kappa shape index (κ2) is 3.16. The Bertz CT molecular complexity index is 438. The molecule has 0 saturated heterocycles. The maximum absolute atomic E-state index is 5.89. The first-order chi connectivity index (χ1) is 6.33. The van der Waals surface area contributed by atoms with Crippen molar-refractivity contribution in [3.63, 3.8) is 0 Å². The highest BCUT2D eigenvalue weighted by molar-refractivity contribution is 6.35. The molecule has 0 saturated carbocycles. The molecule has 0 aliphatic heterocycles. The Hall–Kier alpha value is -1.39. The van der Waals surface area contributed by atoms with Crippen molar-refractivity contribution in [2.45, 2.75) is 0 Å². The fraction of sp³-hybridized carbons (Fsp3) is 0. The van der Waals surface area contributed by atoms with E-state index in [-0.39, 0.29) is 0 Å². The van der Waals surface area contributed by atoms with Crippen molar-refractivity contribution in [2.24, 2.45) is 5.84 Å². The largest absolute Gasteiger partial charge is 0.308 e. The van der Waals surface area contributed by atoms with Gasteiger partial charge in [0, 0.05) is 12.4 Å². The minimum absolute atomic E-state index is 0.401. The lowest BCUT2D eigenvalue weighted by molar-refractivity contribution is 1.24. The number of fused-ring (bicyclic) bond motifs is 1. The molecule has 0 aliphatic rings. The van der Waals surface area contributed by atoms with Gasteiger partial charge < -0.3 is 5.43 Å². The Kier molecular flexibility index (Phi) is 2.00. The van der Waals surface area contributed by atoms with Gasteiger partial charge in [0.1, 0.15) is 5.15 Å². The second-order valence-electron chi connectivity index (χ2n) is 2.50. The minimum Gasteiger partial charge on any atom is -0.308 e. The quantitative estimate of drug-likeness (QED) is 0.411. The highest BCUT2D eigenvalue weighted by atomic mass is 35.5. The second-order valence-corrected chi connectivity index (χ2v) is 2.86. The van der Waals surface area contributed by atoms with Gasteiger partial charge in [-0.3, -0.25) is 0 Å². The number of nitrogens with two attached hydrogens (primary N) is 1. The van der Waals surface area contributed by atoms with Crippen molar-refractivity contribution in [1.29, 1.82) is 0 Å². The van der Waals surface area contributed by atoms with Gasteiger partial charge >= 0.3 is 0 Å². The average molecular weight is 195 g/mol.